The van der Waals surface area contributed by atoms with Crippen molar-refractivity contribution in [2.75, 3.05) is 11.5 Å². The van der Waals surface area contributed by atoms with Crippen LogP contribution in [0.15, 0.2) is 39.8 Å². The van der Waals surface area contributed by atoms with Crippen LogP contribution in [-0.2, 0) is 0 Å². The summed E-state index contributed by atoms with van der Waals surface area (Å²) >= 11 is 19.3. The van der Waals surface area contributed by atoms with Crippen molar-refractivity contribution in [1.82, 2.24) is 0 Å². The molecule has 26 heavy (non-hydrogen) atoms. The average molecular weight is 751 g/mol. The Morgan fingerprint density at radius 3 is 1.69 bits per heavy atom. The van der Waals surface area contributed by atoms with Crippen LogP contribution in [0.2, 0.25) is 11.6 Å². The zero-order valence-electron chi connectivity index (χ0n) is 13.3. The molecule has 0 unspecified atom stereocenters. The van der Waals surface area contributed by atoms with Crippen LogP contribution in [0.3, 0.4) is 0 Å². The van der Waals surface area contributed by atoms with E-state index in [1.807, 2.05) is 33.6 Å². The summed E-state index contributed by atoms with van der Waals surface area (Å²) in [6.07, 6.45) is 0. The van der Waals surface area contributed by atoms with Gasteiger partial charge >= 0.3 is 217 Å². The van der Waals surface area contributed by atoms with Gasteiger partial charge in [-0.1, -0.05) is 0 Å². The molecule has 0 amide bonds. The first kappa shape index (κ1) is 21.4. The Kier molecular flexibility index (Phi) is 7.91. The second-order valence-corrected chi connectivity index (χ2v) is 26.6. The molecular weight excluding hydrogens is 741 g/mol. The van der Waals surface area contributed by atoms with E-state index in [4.69, 9.17) is 0 Å². The summed E-state index contributed by atoms with van der Waals surface area (Å²) in [7, 11) is 0. The fourth-order valence-electron chi connectivity index (χ4n) is 2.16. The van der Waals surface area contributed by atoms with Gasteiger partial charge in [0, 0.05) is 0 Å². The zero-order chi connectivity index (χ0) is 17.7. The average Bonchev–Trinajstić information content (AvgIpc) is 3.39. The van der Waals surface area contributed by atoms with E-state index in [0.29, 0.717) is 29.9 Å². The number of hydrogen-bond donors (Lipinski definition) is 0. The predicted octanol–water partition coefficient (Wildman–Crippen LogP) is 6.47. The maximum absolute atomic E-state index is 2.41. The normalized spacial score (nSPS) is 26.1. The molecule has 0 aromatic heterocycles. The van der Waals surface area contributed by atoms with Crippen LogP contribution in [0.4, 0.5) is 0 Å². The molecule has 5 aliphatic rings. The molecule has 0 nitrogen and oxygen atoms in total. The van der Waals surface area contributed by atoms with Gasteiger partial charge < -0.3 is 0 Å². The van der Waals surface area contributed by atoms with Crippen LogP contribution in [0, 0.1) is 0 Å². The monoisotopic (exact) mass is 754 g/mol. The van der Waals surface area contributed by atoms with E-state index in [1.165, 1.54) is 11.5 Å². The SMILES string of the molecule is C[Se]C1=C([Se+]C)[Se]C(=C2SC3=C(SC(=C4SC5=C(SCCS5)S4)S3)S2)[Se]1. The van der Waals surface area contributed by atoms with Gasteiger partial charge in [-0.3, -0.25) is 0 Å². The van der Waals surface area contributed by atoms with Crippen molar-refractivity contribution in [2.24, 2.45) is 0 Å². The second-order valence-electron chi connectivity index (χ2n) is 4.80. The third-order valence-corrected chi connectivity index (χ3v) is 31.9. The zero-order valence-corrected chi connectivity index (χ0v) is 26.7. The van der Waals surface area contributed by atoms with E-state index in [9.17, 15) is 0 Å². The van der Waals surface area contributed by atoms with Crippen molar-refractivity contribution in [3.05, 3.63) is 39.8 Å². The van der Waals surface area contributed by atoms with Crippen LogP contribution >= 0.6 is 94.1 Å². The molecule has 0 fully saturated rings. The van der Waals surface area contributed by atoms with Gasteiger partial charge in [-0.25, -0.2) is 0 Å². The molecule has 0 atom stereocenters. The van der Waals surface area contributed by atoms with Crippen molar-refractivity contribution >= 4 is 154 Å². The second kappa shape index (κ2) is 9.60. The molecule has 5 heterocycles. The summed E-state index contributed by atoms with van der Waals surface area (Å²) in [6, 6.07) is 0. The standard InChI is InChI=1S/C14H10S8Se4/c1-23-13-14(24-2)26-12(25-13)11-21-9-10(22-11)20-8(19-9)7-17-5-6(18-7)16-4-3-15-5/h3-4H2,1-2H3/q+1. The molecule has 137 valence electrons. The topological polar surface area (TPSA) is 0 Å². The first-order valence-electron chi connectivity index (χ1n) is 7.23. The quantitative estimate of drug-likeness (QED) is 0.292. The van der Waals surface area contributed by atoms with Crippen molar-refractivity contribution < 1.29 is 0 Å². The molecule has 0 aliphatic carbocycles. The summed E-state index contributed by atoms with van der Waals surface area (Å²) in [5.41, 5.74) is 0. The summed E-state index contributed by atoms with van der Waals surface area (Å²) in [6.45, 7) is 0. The van der Waals surface area contributed by atoms with Crippen LogP contribution in [0.1, 0.15) is 0 Å². The molecule has 5 aliphatic heterocycles. The van der Waals surface area contributed by atoms with Gasteiger partial charge in [0.25, 0.3) is 0 Å². The fraction of sp³-hybridized carbons (Fsp3) is 0.286. The fourth-order valence-corrected chi connectivity index (χ4v) is 33.0. The van der Waals surface area contributed by atoms with E-state index < -0.39 is 0 Å². The van der Waals surface area contributed by atoms with Crippen LogP contribution in [-0.4, -0.2) is 71.3 Å². The third kappa shape index (κ3) is 4.39. The molecule has 0 saturated carbocycles. The van der Waals surface area contributed by atoms with Crippen molar-refractivity contribution in [3.8, 4) is 0 Å². The molecule has 0 aromatic rings. The number of hydrogen-bond acceptors (Lipinski definition) is 8. The maximum atomic E-state index is 2.41. The van der Waals surface area contributed by atoms with Crippen LogP contribution in [0.25, 0.3) is 0 Å². The Bertz CT molecular complexity index is 732. The third-order valence-electron chi connectivity index (χ3n) is 3.24. The van der Waals surface area contributed by atoms with Gasteiger partial charge in [0.15, 0.2) is 0 Å². The molecule has 12 heteroatoms. The first-order chi connectivity index (χ1) is 12.7. The molecule has 0 bridgehead atoms. The van der Waals surface area contributed by atoms with Gasteiger partial charge in [-0.2, -0.15) is 0 Å². The molecular formula is C14H10S8Se4+. The number of rotatable bonds is 2. The first-order valence-corrected chi connectivity index (χ1v) is 22.7. The van der Waals surface area contributed by atoms with E-state index >= 15 is 0 Å². The predicted molar refractivity (Wildman–Crippen MR) is 140 cm³/mol. The van der Waals surface area contributed by atoms with E-state index in [1.54, 1.807) is 29.7 Å². The summed E-state index contributed by atoms with van der Waals surface area (Å²) in [5.74, 6) is 7.38. The summed E-state index contributed by atoms with van der Waals surface area (Å²) in [4.78, 5) is 0. The van der Waals surface area contributed by atoms with Crippen LogP contribution < -0.4 is 0 Å². The van der Waals surface area contributed by atoms with Gasteiger partial charge in [0.1, 0.15) is 0 Å². The van der Waals surface area contributed by atoms with E-state index in [2.05, 4.69) is 82.2 Å². The van der Waals surface area contributed by atoms with Gasteiger partial charge in [0.05, 0.1) is 0 Å². The van der Waals surface area contributed by atoms with Gasteiger partial charge in [-0.15, -0.1) is 0 Å². The summed E-state index contributed by atoms with van der Waals surface area (Å²) in [5, 5.41) is 0. The Labute approximate surface area is 213 Å². The molecule has 0 aromatic carbocycles. The Morgan fingerprint density at radius 1 is 0.731 bits per heavy atom. The van der Waals surface area contributed by atoms with Gasteiger partial charge in [-0.05, 0) is 0 Å². The molecule has 0 spiro atoms. The van der Waals surface area contributed by atoms with Crippen molar-refractivity contribution in [2.45, 2.75) is 11.6 Å². The van der Waals surface area contributed by atoms with E-state index in [0.717, 1.165) is 29.9 Å². The Morgan fingerprint density at radius 2 is 1.23 bits per heavy atom. The van der Waals surface area contributed by atoms with Crippen LogP contribution in [0.5, 0.6) is 0 Å². The summed E-state index contributed by atoms with van der Waals surface area (Å²) < 4.78 is 16.6. The van der Waals surface area contributed by atoms with Crippen molar-refractivity contribution in [3.63, 3.8) is 0 Å². The Hall–Kier alpha value is 3.58. The van der Waals surface area contributed by atoms with E-state index in [-0.39, 0.29) is 0 Å². The van der Waals surface area contributed by atoms with Gasteiger partial charge in [0.2, 0.25) is 0 Å². The Balaban J connectivity index is 1.27. The molecule has 0 N–H and O–H groups in total. The minimum atomic E-state index is 0.683. The molecule has 5 rings (SSSR count). The molecule has 0 saturated heterocycles. The van der Waals surface area contributed by atoms with Crippen molar-refractivity contribution in [1.29, 1.82) is 0 Å². The number of thioether (sulfide) groups is 8. The molecule has 1 radical (unpaired) electrons. The minimum absolute atomic E-state index is 0.683.